The van der Waals surface area contributed by atoms with Gasteiger partial charge >= 0.3 is 0 Å². The minimum atomic E-state index is -0.416. The lowest BCUT2D eigenvalue weighted by molar-refractivity contribution is -0.118. The van der Waals surface area contributed by atoms with Gasteiger partial charge in [0.25, 0.3) is 0 Å². The molecule has 0 unspecified atom stereocenters. The first kappa shape index (κ1) is 12.9. The van der Waals surface area contributed by atoms with Gasteiger partial charge in [0.2, 0.25) is 5.91 Å². The number of carbonyl (C=O) groups is 1. The van der Waals surface area contributed by atoms with Crippen molar-refractivity contribution in [1.29, 1.82) is 0 Å². The molecule has 1 fully saturated rings. The fourth-order valence-corrected chi connectivity index (χ4v) is 2.38. The molecule has 1 heterocycles. The Morgan fingerprint density at radius 3 is 2.78 bits per heavy atom. The lowest BCUT2D eigenvalue weighted by Gasteiger charge is -2.27. The van der Waals surface area contributed by atoms with E-state index in [0.717, 1.165) is 31.4 Å². The van der Waals surface area contributed by atoms with Crippen LogP contribution in [0.3, 0.4) is 0 Å². The summed E-state index contributed by atoms with van der Waals surface area (Å²) in [5.41, 5.74) is -0.416. The summed E-state index contributed by atoms with van der Waals surface area (Å²) < 4.78 is 5.34. The van der Waals surface area contributed by atoms with Crippen LogP contribution in [0, 0.1) is 6.92 Å². The number of nitrogens with one attached hydrogen (secondary N) is 1. The predicted molar refractivity (Wildman–Crippen MR) is 68.9 cm³/mol. The maximum absolute atomic E-state index is 11.8. The van der Waals surface area contributed by atoms with E-state index in [1.54, 1.807) is 6.08 Å². The Kier molecular flexibility index (Phi) is 3.87. The predicted octanol–water partition coefficient (Wildman–Crippen LogP) is 2.02. The maximum Gasteiger partial charge on any atom is 0.244 e. The Bertz CT molecular complexity index is 442. The van der Waals surface area contributed by atoms with Crippen LogP contribution in [-0.2, 0) is 4.79 Å². The molecule has 0 atom stereocenters. The Morgan fingerprint density at radius 2 is 2.22 bits per heavy atom. The van der Waals surface area contributed by atoms with Crippen LogP contribution in [0.1, 0.15) is 37.2 Å². The molecular weight excluding hydrogens is 230 g/mol. The van der Waals surface area contributed by atoms with Crippen molar-refractivity contribution in [2.75, 3.05) is 6.61 Å². The van der Waals surface area contributed by atoms with Crippen LogP contribution in [0.15, 0.2) is 22.6 Å². The molecule has 0 radical (unpaired) electrons. The summed E-state index contributed by atoms with van der Waals surface area (Å²) in [6.07, 6.45) is 6.91. The molecule has 4 nitrogen and oxygen atoms in total. The van der Waals surface area contributed by atoms with Crippen LogP contribution in [0.25, 0.3) is 6.08 Å². The third-order valence-corrected chi connectivity index (χ3v) is 3.41. The van der Waals surface area contributed by atoms with Gasteiger partial charge in [-0.15, -0.1) is 0 Å². The van der Waals surface area contributed by atoms with Crippen LogP contribution in [0.2, 0.25) is 0 Å². The van der Waals surface area contributed by atoms with Crippen molar-refractivity contribution >= 4 is 12.0 Å². The van der Waals surface area contributed by atoms with Crippen molar-refractivity contribution in [3.05, 3.63) is 29.7 Å². The second kappa shape index (κ2) is 5.40. The molecule has 1 aromatic rings. The Labute approximate surface area is 107 Å². The number of furan rings is 1. The normalized spacial score (nSPS) is 18.3. The largest absolute Gasteiger partial charge is 0.462 e. The molecule has 1 aliphatic carbocycles. The van der Waals surface area contributed by atoms with Crippen molar-refractivity contribution in [1.82, 2.24) is 5.32 Å². The summed E-state index contributed by atoms with van der Waals surface area (Å²) in [4.78, 5) is 11.8. The highest BCUT2D eigenvalue weighted by Gasteiger charge is 2.33. The molecule has 1 aliphatic rings. The number of aliphatic hydroxyl groups excluding tert-OH is 1. The fourth-order valence-electron chi connectivity index (χ4n) is 2.38. The number of hydrogen-bond acceptors (Lipinski definition) is 3. The molecule has 1 amide bonds. The molecule has 2 N–H and O–H groups in total. The maximum atomic E-state index is 11.8. The van der Waals surface area contributed by atoms with E-state index in [-0.39, 0.29) is 12.5 Å². The van der Waals surface area contributed by atoms with E-state index >= 15 is 0 Å². The van der Waals surface area contributed by atoms with Crippen molar-refractivity contribution in [3.63, 3.8) is 0 Å². The Morgan fingerprint density at radius 1 is 1.50 bits per heavy atom. The average molecular weight is 249 g/mol. The zero-order valence-corrected chi connectivity index (χ0v) is 10.6. The quantitative estimate of drug-likeness (QED) is 0.802. The average Bonchev–Trinajstić information content (AvgIpc) is 2.97. The monoisotopic (exact) mass is 249 g/mol. The SMILES string of the molecule is Cc1ccc(/C=C/C(=O)NC2(CO)CCCC2)o1. The van der Waals surface area contributed by atoms with Gasteiger partial charge in [0.15, 0.2) is 0 Å². The summed E-state index contributed by atoms with van der Waals surface area (Å²) in [6.45, 7) is 1.86. The van der Waals surface area contributed by atoms with Gasteiger partial charge in [-0.05, 0) is 38.0 Å². The van der Waals surface area contributed by atoms with E-state index in [9.17, 15) is 9.90 Å². The third-order valence-electron chi connectivity index (χ3n) is 3.41. The molecule has 1 saturated carbocycles. The van der Waals surface area contributed by atoms with Gasteiger partial charge in [0.1, 0.15) is 11.5 Å². The van der Waals surface area contributed by atoms with E-state index in [0.29, 0.717) is 5.76 Å². The highest BCUT2D eigenvalue weighted by Crippen LogP contribution is 2.29. The van der Waals surface area contributed by atoms with Gasteiger partial charge in [-0.25, -0.2) is 0 Å². The van der Waals surface area contributed by atoms with E-state index in [1.807, 2.05) is 19.1 Å². The molecule has 1 aromatic heterocycles. The number of hydrogen-bond donors (Lipinski definition) is 2. The molecule has 18 heavy (non-hydrogen) atoms. The molecule has 0 saturated heterocycles. The topological polar surface area (TPSA) is 62.5 Å². The van der Waals surface area contributed by atoms with E-state index in [1.165, 1.54) is 6.08 Å². The van der Waals surface area contributed by atoms with E-state index in [4.69, 9.17) is 4.42 Å². The third kappa shape index (κ3) is 3.01. The lowest BCUT2D eigenvalue weighted by atomic mass is 9.99. The Hall–Kier alpha value is -1.55. The van der Waals surface area contributed by atoms with Crippen molar-refractivity contribution in [3.8, 4) is 0 Å². The van der Waals surface area contributed by atoms with Gasteiger partial charge in [-0.2, -0.15) is 0 Å². The number of carbonyl (C=O) groups excluding carboxylic acids is 1. The molecule has 4 heteroatoms. The van der Waals surface area contributed by atoms with Crippen molar-refractivity contribution in [2.24, 2.45) is 0 Å². The minimum Gasteiger partial charge on any atom is -0.462 e. The number of aliphatic hydroxyl groups is 1. The van der Waals surface area contributed by atoms with Crippen molar-refractivity contribution in [2.45, 2.75) is 38.1 Å². The van der Waals surface area contributed by atoms with Gasteiger partial charge in [-0.1, -0.05) is 12.8 Å². The van der Waals surface area contributed by atoms with Crippen LogP contribution >= 0.6 is 0 Å². The standard InChI is InChI=1S/C14H19NO3/c1-11-4-5-12(18-11)6-7-13(17)15-14(10-16)8-2-3-9-14/h4-7,16H,2-3,8-10H2,1H3,(H,15,17)/b7-6+. The minimum absolute atomic E-state index is 0.00639. The summed E-state index contributed by atoms with van der Waals surface area (Å²) >= 11 is 0. The van der Waals surface area contributed by atoms with E-state index < -0.39 is 5.54 Å². The van der Waals surface area contributed by atoms with Crippen LogP contribution < -0.4 is 5.32 Å². The van der Waals surface area contributed by atoms with Crippen LogP contribution in [0.5, 0.6) is 0 Å². The fraction of sp³-hybridized carbons (Fsp3) is 0.500. The van der Waals surface area contributed by atoms with Gasteiger partial charge in [0, 0.05) is 6.08 Å². The molecule has 0 spiro atoms. The highest BCUT2D eigenvalue weighted by atomic mass is 16.3. The Balaban J connectivity index is 1.94. The number of aryl methyl sites for hydroxylation is 1. The highest BCUT2D eigenvalue weighted by molar-refractivity contribution is 5.91. The molecule has 2 rings (SSSR count). The second-order valence-electron chi connectivity index (χ2n) is 4.92. The zero-order chi connectivity index (χ0) is 13.0. The summed E-state index contributed by atoms with van der Waals surface area (Å²) in [7, 11) is 0. The molecule has 0 aliphatic heterocycles. The first-order chi connectivity index (χ1) is 8.63. The first-order valence-corrected chi connectivity index (χ1v) is 6.31. The lowest BCUT2D eigenvalue weighted by Crippen LogP contribution is -2.48. The zero-order valence-electron chi connectivity index (χ0n) is 10.6. The van der Waals surface area contributed by atoms with Gasteiger partial charge in [-0.3, -0.25) is 4.79 Å². The summed E-state index contributed by atoms with van der Waals surface area (Å²) in [5.74, 6) is 1.30. The summed E-state index contributed by atoms with van der Waals surface area (Å²) in [6, 6.07) is 3.67. The van der Waals surface area contributed by atoms with Gasteiger partial charge < -0.3 is 14.8 Å². The van der Waals surface area contributed by atoms with Crippen molar-refractivity contribution < 1.29 is 14.3 Å². The molecular formula is C14H19NO3. The molecule has 0 bridgehead atoms. The first-order valence-electron chi connectivity index (χ1n) is 6.31. The van der Waals surface area contributed by atoms with Crippen LogP contribution in [-0.4, -0.2) is 23.2 Å². The second-order valence-corrected chi connectivity index (χ2v) is 4.92. The van der Waals surface area contributed by atoms with Crippen LogP contribution in [0.4, 0.5) is 0 Å². The summed E-state index contributed by atoms with van der Waals surface area (Å²) in [5, 5.41) is 12.3. The smallest absolute Gasteiger partial charge is 0.244 e. The number of rotatable bonds is 4. The van der Waals surface area contributed by atoms with E-state index in [2.05, 4.69) is 5.32 Å². The molecule has 0 aromatic carbocycles. The number of amides is 1. The molecule has 98 valence electrons. The van der Waals surface area contributed by atoms with Gasteiger partial charge in [0.05, 0.1) is 12.1 Å².